The fourth-order valence-electron chi connectivity index (χ4n) is 4.27. The number of anilines is 1. The summed E-state index contributed by atoms with van der Waals surface area (Å²) in [6.45, 7) is 9.11. The normalized spacial score (nSPS) is 14.5. The highest BCUT2D eigenvalue weighted by Gasteiger charge is 2.20. The molecule has 1 saturated heterocycles. The number of carbonyl (C=O) groups is 1. The molecule has 0 aliphatic carbocycles. The van der Waals surface area contributed by atoms with E-state index in [0.29, 0.717) is 18.0 Å². The summed E-state index contributed by atoms with van der Waals surface area (Å²) in [5, 5.41) is 0.734. The molecule has 4 rings (SSSR count). The Morgan fingerprint density at radius 3 is 2.66 bits per heavy atom. The molecule has 8 heteroatoms. The van der Waals surface area contributed by atoms with Crippen LogP contribution < -0.4 is 14.4 Å². The van der Waals surface area contributed by atoms with Crippen molar-refractivity contribution < 1.29 is 19.0 Å². The molecule has 1 fully saturated rings. The first kappa shape index (κ1) is 25.2. The lowest BCUT2D eigenvalue weighted by atomic mass is 10.1. The number of benzene rings is 2. The van der Waals surface area contributed by atoms with E-state index in [1.807, 2.05) is 24.3 Å². The van der Waals surface area contributed by atoms with Gasteiger partial charge in [0.15, 0.2) is 16.6 Å². The molecule has 0 radical (unpaired) electrons. The number of morpholine rings is 1. The van der Waals surface area contributed by atoms with Crippen molar-refractivity contribution in [1.82, 2.24) is 9.88 Å². The largest absolute Gasteiger partial charge is 0.493 e. The van der Waals surface area contributed by atoms with E-state index in [2.05, 4.69) is 30.9 Å². The number of aryl methyl sites for hydroxylation is 2. The maximum Gasteiger partial charge on any atom is 0.252 e. The van der Waals surface area contributed by atoms with Gasteiger partial charge in [-0.15, -0.1) is 0 Å². The Balaban J connectivity index is 1.56. The van der Waals surface area contributed by atoms with Crippen LogP contribution in [-0.2, 0) is 9.53 Å². The van der Waals surface area contributed by atoms with E-state index < -0.39 is 0 Å². The van der Waals surface area contributed by atoms with Gasteiger partial charge in [-0.05, 0) is 61.2 Å². The van der Waals surface area contributed by atoms with Gasteiger partial charge in [0.25, 0.3) is 5.91 Å². The number of ether oxygens (including phenoxy) is 3. The van der Waals surface area contributed by atoms with Crippen molar-refractivity contribution in [2.24, 2.45) is 0 Å². The molecule has 0 atom stereocenters. The molecule has 7 nitrogen and oxygen atoms in total. The zero-order valence-corrected chi connectivity index (χ0v) is 21.7. The van der Waals surface area contributed by atoms with Gasteiger partial charge < -0.3 is 14.2 Å². The molecule has 0 unspecified atom stereocenters. The van der Waals surface area contributed by atoms with E-state index in [4.69, 9.17) is 19.2 Å². The minimum absolute atomic E-state index is 0.0878. The Morgan fingerprint density at radius 1 is 1.14 bits per heavy atom. The lowest BCUT2D eigenvalue weighted by Gasteiger charge is -2.27. The lowest BCUT2D eigenvalue weighted by molar-refractivity contribution is -0.114. The number of amides is 1. The molecule has 0 bridgehead atoms. The number of methoxy groups -OCH3 is 2. The molecule has 0 N–H and O–H groups in total. The van der Waals surface area contributed by atoms with Crippen LogP contribution >= 0.6 is 11.3 Å². The number of aromatic nitrogens is 1. The Labute approximate surface area is 210 Å². The first-order valence-electron chi connectivity index (χ1n) is 11.9. The zero-order valence-electron chi connectivity index (χ0n) is 20.9. The van der Waals surface area contributed by atoms with Gasteiger partial charge in [-0.2, -0.15) is 0 Å². The number of hydrogen-bond donors (Lipinski definition) is 0. The first-order valence-corrected chi connectivity index (χ1v) is 12.7. The van der Waals surface area contributed by atoms with Crippen LogP contribution in [0.1, 0.15) is 23.1 Å². The molecule has 3 aromatic rings. The van der Waals surface area contributed by atoms with Gasteiger partial charge in [-0.25, -0.2) is 4.98 Å². The number of nitrogens with zero attached hydrogens (tertiary/aromatic N) is 3. The predicted octanol–water partition coefficient (Wildman–Crippen LogP) is 4.70. The first-order chi connectivity index (χ1) is 17.0. The maximum absolute atomic E-state index is 13.4. The molecule has 1 aromatic heterocycles. The van der Waals surface area contributed by atoms with E-state index in [9.17, 15) is 4.79 Å². The predicted molar refractivity (Wildman–Crippen MR) is 142 cm³/mol. The Morgan fingerprint density at radius 2 is 1.91 bits per heavy atom. The van der Waals surface area contributed by atoms with E-state index in [1.165, 1.54) is 11.1 Å². The van der Waals surface area contributed by atoms with Crippen LogP contribution in [-0.4, -0.2) is 69.4 Å². The summed E-state index contributed by atoms with van der Waals surface area (Å²) in [6, 6.07) is 9.83. The van der Waals surface area contributed by atoms with Crippen LogP contribution in [0.4, 0.5) is 5.13 Å². The molecular weight excluding hydrogens is 462 g/mol. The van der Waals surface area contributed by atoms with Crippen molar-refractivity contribution in [3.05, 3.63) is 53.1 Å². The lowest BCUT2D eigenvalue weighted by Crippen LogP contribution is -2.39. The molecule has 0 saturated carbocycles. The van der Waals surface area contributed by atoms with Crippen molar-refractivity contribution in [2.75, 3.05) is 58.5 Å². The van der Waals surface area contributed by atoms with Crippen LogP contribution in [0.5, 0.6) is 11.5 Å². The summed E-state index contributed by atoms with van der Waals surface area (Å²) in [7, 11) is 3.20. The van der Waals surface area contributed by atoms with Crippen molar-refractivity contribution in [3.8, 4) is 11.5 Å². The molecule has 1 aliphatic heterocycles. The summed E-state index contributed by atoms with van der Waals surface area (Å²) in [5.41, 5.74) is 4.16. The van der Waals surface area contributed by atoms with Crippen molar-refractivity contribution >= 4 is 38.7 Å². The van der Waals surface area contributed by atoms with E-state index >= 15 is 0 Å². The number of thiazole rings is 1. The van der Waals surface area contributed by atoms with Gasteiger partial charge in [0.05, 0.1) is 37.6 Å². The Kier molecular flexibility index (Phi) is 8.38. The number of rotatable bonds is 9. The highest BCUT2D eigenvalue weighted by atomic mass is 32.1. The smallest absolute Gasteiger partial charge is 0.252 e. The number of fused-ring (bicyclic) bond motifs is 1. The quantitative estimate of drug-likeness (QED) is 0.401. The van der Waals surface area contributed by atoms with E-state index in [-0.39, 0.29) is 5.91 Å². The highest BCUT2D eigenvalue weighted by molar-refractivity contribution is 7.22. The minimum atomic E-state index is -0.0878. The molecule has 1 amide bonds. The maximum atomic E-state index is 13.4. The standard InChI is InChI=1S/C27H33N3O4S/c1-19-16-20(2)26-22(17-19)28-27(35-26)30(11-5-10-29-12-14-34-15-13-29)25(31)9-7-21-6-8-23(32-3)24(18-21)33-4/h6-9,16-18H,5,10-15H2,1-4H3/b9-7+. The van der Waals surface area contributed by atoms with Crippen molar-refractivity contribution in [1.29, 1.82) is 0 Å². The van der Waals surface area contributed by atoms with Crippen LogP contribution in [0.25, 0.3) is 16.3 Å². The Hall–Kier alpha value is -2.94. The summed E-state index contributed by atoms with van der Waals surface area (Å²) in [5.74, 6) is 1.19. The summed E-state index contributed by atoms with van der Waals surface area (Å²) >= 11 is 1.58. The molecule has 1 aliphatic rings. The second-order valence-corrected chi connectivity index (χ2v) is 9.65. The average Bonchev–Trinajstić information content (AvgIpc) is 3.29. The van der Waals surface area contributed by atoms with Gasteiger partial charge in [-0.1, -0.05) is 23.5 Å². The third kappa shape index (κ3) is 6.20. The molecule has 35 heavy (non-hydrogen) atoms. The molecule has 2 aromatic carbocycles. The zero-order chi connectivity index (χ0) is 24.8. The molecule has 2 heterocycles. The van der Waals surface area contributed by atoms with Gasteiger partial charge in [0.1, 0.15) is 0 Å². The monoisotopic (exact) mass is 495 g/mol. The fourth-order valence-corrected chi connectivity index (χ4v) is 5.32. The number of hydrogen-bond acceptors (Lipinski definition) is 7. The van der Waals surface area contributed by atoms with Gasteiger partial charge >= 0.3 is 0 Å². The van der Waals surface area contributed by atoms with E-state index in [0.717, 1.165) is 60.2 Å². The summed E-state index contributed by atoms with van der Waals surface area (Å²) < 4.78 is 17.3. The third-order valence-electron chi connectivity index (χ3n) is 6.09. The second-order valence-electron chi connectivity index (χ2n) is 8.67. The second kappa shape index (κ2) is 11.7. The van der Waals surface area contributed by atoms with Gasteiger partial charge in [0.2, 0.25) is 0 Å². The van der Waals surface area contributed by atoms with Crippen LogP contribution in [0, 0.1) is 13.8 Å². The molecule has 186 valence electrons. The highest BCUT2D eigenvalue weighted by Crippen LogP contribution is 2.33. The van der Waals surface area contributed by atoms with Gasteiger partial charge in [-0.3, -0.25) is 14.6 Å². The minimum Gasteiger partial charge on any atom is -0.493 e. The molecular formula is C27H33N3O4S. The topological polar surface area (TPSA) is 64.1 Å². The van der Waals surface area contributed by atoms with Crippen LogP contribution in [0.3, 0.4) is 0 Å². The van der Waals surface area contributed by atoms with Gasteiger partial charge in [0, 0.05) is 32.3 Å². The SMILES string of the molecule is COc1ccc(/C=C/C(=O)N(CCCN2CCOCC2)c2nc3cc(C)cc(C)c3s2)cc1OC. The average molecular weight is 496 g/mol. The summed E-state index contributed by atoms with van der Waals surface area (Å²) in [6.07, 6.45) is 4.28. The summed E-state index contributed by atoms with van der Waals surface area (Å²) in [4.78, 5) is 22.5. The van der Waals surface area contributed by atoms with Crippen molar-refractivity contribution in [2.45, 2.75) is 20.3 Å². The van der Waals surface area contributed by atoms with Crippen LogP contribution in [0.15, 0.2) is 36.4 Å². The molecule has 0 spiro atoms. The van der Waals surface area contributed by atoms with E-state index in [1.54, 1.807) is 36.5 Å². The van der Waals surface area contributed by atoms with Crippen LogP contribution in [0.2, 0.25) is 0 Å². The Bertz CT molecular complexity index is 1200. The van der Waals surface area contributed by atoms with Crippen molar-refractivity contribution in [3.63, 3.8) is 0 Å². The third-order valence-corrected chi connectivity index (χ3v) is 7.32. The fraction of sp³-hybridized carbons (Fsp3) is 0.407. The number of carbonyl (C=O) groups excluding carboxylic acids is 1.